The molecule has 0 unspecified atom stereocenters. The molecule has 0 saturated heterocycles. The second-order valence-corrected chi connectivity index (χ2v) is 4.00. The maximum atomic E-state index is 5.67. The number of hydrogen-bond donors (Lipinski definition) is 0. The molecule has 0 heterocycles. The number of methoxy groups -OCH3 is 1. The van der Waals surface area contributed by atoms with Crippen molar-refractivity contribution in [3.05, 3.63) is 23.8 Å². The second kappa shape index (κ2) is 5.86. The summed E-state index contributed by atoms with van der Waals surface area (Å²) in [4.78, 5) is 2.20. The number of benzene rings is 1. The molecule has 0 spiro atoms. The van der Waals surface area contributed by atoms with Gasteiger partial charge >= 0.3 is 0 Å². The normalized spacial score (nSPS) is 10.1. The van der Waals surface area contributed by atoms with Crippen LogP contribution in [0.15, 0.2) is 18.2 Å². The number of ether oxygens (including phenoxy) is 1. The molecule has 0 atom stereocenters. The van der Waals surface area contributed by atoms with Crippen LogP contribution < -0.4 is 9.64 Å². The van der Waals surface area contributed by atoms with Crippen LogP contribution in [0, 0.1) is 6.92 Å². The molecule has 0 amide bonds. The molecule has 0 N–H and O–H groups in total. The van der Waals surface area contributed by atoms with Crippen molar-refractivity contribution in [1.29, 1.82) is 0 Å². The molecule has 0 radical (unpaired) electrons. The van der Waals surface area contributed by atoms with Crippen molar-refractivity contribution < 1.29 is 4.74 Å². The van der Waals surface area contributed by atoms with Crippen molar-refractivity contribution in [2.45, 2.75) is 13.3 Å². The minimum absolute atomic E-state index is 0.708. The van der Waals surface area contributed by atoms with E-state index in [1.807, 2.05) is 6.07 Å². The van der Waals surface area contributed by atoms with Gasteiger partial charge in [-0.15, -0.1) is 11.6 Å². The smallest absolute Gasteiger partial charge is 0.121 e. The summed E-state index contributed by atoms with van der Waals surface area (Å²) < 4.78 is 5.22. The van der Waals surface area contributed by atoms with Crippen molar-refractivity contribution in [3.8, 4) is 5.75 Å². The van der Waals surface area contributed by atoms with Crippen molar-refractivity contribution >= 4 is 17.3 Å². The van der Waals surface area contributed by atoms with Gasteiger partial charge < -0.3 is 9.64 Å². The fourth-order valence-corrected chi connectivity index (χ4v) is 1.65. The van der Waals surface area contributed by atoms with Gasteiger partial charge in [-0.05, 0) is 37.1 Å². The number of anilines is 1. The van der Waals surface area contributed by atoms with E-state index in [2.05, 4.69) is 31.0 Å². The SMILES string of the molecule is COc1ccc(N(C)CCCCl)cc1C. The van der Waals surface area contributed by atoms with Gasteiger partial charge in [0.2, 0.25) is 0 Å². The van der Waals surface area contributed by atoms with Gasteiger partial charge in [0.05, 0.1) is 7.11 Å². The Morgan fingerprint density at radius 3 is 2.67 bits per heavy atom. The second-order valence-electron chi connectivity index (χ2n) is 3.62. The van der Waals surface area contributed by atoms with Crippen molar-refractivity contribution in [1.82, 2.24) is 0 Å². The van der Waals surface area contributed by atoms with Gasteiger partial charge in [0, 0.05) is 25.2 Å². The van der Waals surface area contributed by atoms with Crippen LogP contribution in [0.4, 0.5) is 5.69 Å². The molecule has 2 nitrogen and oxygen atoms in total. The quantitative estimate of drug-likeness (QED) is 0.717. The number of alkyl halides is 1. The van der Waals surface area contributed by atoms with Gasteiger partial charge in [-0.3, -0.25) is 0 Å². The average molecular weight is 228 g/mol. The number of halogens is 1. The number of aryl methyl sites for hydroxylation is 1. The summed E-state index contributed by atoms with van der Waals surface area (Å²) in [7, 11) is 3.77. The molecule has 84 valence electrons. The van der Waals surface area contributed by atoms with E-state index in [4.69, 9.17) is 16.3 Å². The highest BCUT2D eigenvalue weighted by Gasteiger charge is 2.03. The zero-order chi connectivity index (χ0) is 11.3. The van der Waals surface area contributed by atoms with E-state index >= 15 is 0 Å². The maximum absolute atomic E-state index is 5.67. The van der Waals surface area contributed by atoms with Gasteiger partial charge in [0.25, 0.3) is 0 Å². The van der Waals surface area contributed by atoms with E-state index < -0.39 is 0 Å². The third-order valence-electron chi connectivity index (χ3n) is 2.45. The minimum Gasteiger partial charge on any atom is -0.496 e. The number of hydrogen-bond acceptors (Lipinski definition) is 2. The number of rotatable bonds is 5. The van der Waals surface area contributed by atoms with Crippen LogP contribution in [0.2, 0.25) is 0 Å². The molecule has 1 rings (SSSR count). The van der Waals surface area contributed by atoms with E-state index in [0.717, 1.165) is 24.3 Å². The lowest BCUT2D eigenvalue weighted by Crippen LogP contribution is -2.18. The molecule has 1 aromatic carbocycles. The van der Waals surface area contributed by atoms with Gasteiger partial charge in [0.1, 0.15) is 5.75 Å². The topological polar surface area (TPSA) is 12.5 Å². The van der Waals surface area contributed by atoms with Gasteiger partial charge in [0.15, 0.2) is 0 Å². The summed E-state index contributed by atoms with van der Waals surface area (Å²) in [5.41, 5.74) is 2.37. The van der Waals surface area contributed by atoms with Crippen LogP contribution in [0.3, 0.4) is 0 Å². The highest BCUT2D eigenvalue weighted by Crippen LogP contribution is 2.23. The van der Waals surface area contributed by atoms with Gasteiger partial charge in [-0.25, -0.2) is 0 Å². The predicted molar refractivity (Wildman–Crippen MR) is 66.3 cm³/mol. The summed E-state index contributed by atoms with van der Waals surface area (Å²) in [5, 5.41) is 0. The molecular formula is C12H18ClNO. The lowest BCUT2D eigenvalue weighted by Gasteiger charge is -2.19. The largest absolute Gasteiger partial charge is 0.496 e. The summed E-state index contributed by atoms with van der Waals surface area (Å²) in [5.74, 6) is 1.64. The Bertz CT molecular complexity index is 314. The van der Waals surface area contributed by atoms with E-state index in [0.29, 0.717) is 5.88 Å². The Kier molecular flexibility index (Phi) is 4.76. The van der Waals surface area contributed by atoms with Crippen molar-refractivity contribution in [2.75, 3.05) is 31.5 Å². The molecule has 0 aliphatic carbocycles. The monoisotopic (exact) mass is 227 g/mol. The first-order valence-electron chi connectivity index (χ1n) is 5.10. The fraction of sp³-hybridized carbons (Fsp3) is 0.500. The Morgan fingerprint density at radius 1 is 1.40 bits per heavy atom. The van der Waals surface area contributed by atoms with E-state index in [1.54, 1.807) is 7.11 Å². The van der Waals surface area contributed by atoms with E-state index in [-0.39, 0.29) is 0 Å². The zero-order valence-electron chi connectivity index (χ0n) is 9.59. The summed E-state index contributed by atoms with van der Waals surface area (Å²) in [6.07, 6.45) is 1.00. The van der Waals surface area contributed by atoms with Crippen LogP contribution >= 0.6 is 11.6 Å². The standard InChI is InChI=1S/C12H18ClNO/c1-10-9-11(5-6-12(10)15-3)14(2)8-4-7-13/h5-6,9H,4,7-8H2,1-3H3. The Hall–Kier alpha value is -0.890. The van der Waals surface area contributed by atoms with E-state index in [1.165, 1.54) is 5.69 Å². The van der Waals surface area contributed by atoms with Crippen LogP contribution in [0.1, 0.15) is 12.0 Å². The van der Waals surface area contributed by atoms with Crippen LogP contribution in [0.25, 0.3) is 0 Å². The molecule has 3 heteroatoms. The highest BCUT2D eigenvalue weighted by molar-refractivity contribution is 6.17. The third-order valence-corrected chi connectivity index (χ3v) is 2.71. The van der Waals surface area contributed by atoms with Crippen molar-refractivity contribution in [3.63, 3.8) is 0 Å². The first kappa shape index (κ1) is 12.2. The summed E-state index contributed by atoms with van der Waals surface area (Å²) in [6.45, 7) is 3.03. The lowest BCUT2D eigenvalue weighted by atomic mass is 10.2. The third kappa shape index (κ3) is 3.31. The molecule has 0 aliphatic rings. The molecule has 0 saturated carbocycles. The first-order valence-corrected chi connectivity index (χ1v) is 5.64. The molecule has 1 aromatic rings. The predicted octanol–water partition coefficient (Wildman–Crippen LogP) is 3.07. The van der Waals surface area contributed by atoms with Crippen molar-refractivity contribution in [2.24, 2.45) is 0 Å². The van der Waals surface area contributed by atoms with Gasteiger partial charge in [-0.1, -0.05) is 0 Å². The summed E-state index contributed by atoms with van der Waals surface area (Å²) in [6, 6.07) is 6.20. The maximum Gasteiger partial charge on any atom is 0.121 e. The average Bonchev–Trinajstić information content (AvgIpc) is 2.25. The molecular weight excluding hydrogens is 210 g/mol. The highest BCUT2D eigenvalue weighted by atomic mass is 35.5. The molecule has 0 aromatic heterocycles. The molecule has 15 heavy (non-hydrogen) atoms. The number of nitrogens with zero attached hydrogens (tertiary/aromatic N) is 1. The minimum atomic E-state index is 0.708. The van der Waals surface area contributed by atoms with Gasteiger partial charge in [-0.2, -0.15) is 0 Å². The molecule has 0 bridgehead atoms. The lowest BCUT2D eigenvalue weighted by molar-refractivity contribution is 0.411. The molecule has 0 aliphatic heterocycles. The fourth-order valence-electron chi connectivity index (χ4n) is 1.53. The Morgan fingerprint density at radius 2 is 2.13 bits per heavy atom. The first-order chi connectivity index (χ1) is 7.19. The van der Waals surface area contributed by atoms with E-state index in [9.17, 15) is 0 Å². The summed E-state index contributed by atoms with van der Waals surface area (Å²) >= 11 is 5.67. The van der Waals surface area contributed by atoms with Crippen LogP contribution in [-0.4, -0.2) is 26.6 Å². The Labute approximate surface area is 96.8 Å². The van der Waals surface area contributed by atoms with Crippen LogP contribution in [0.5, 0.6) is 5.75 Å². The van der Waals surface area contributed by atoms with Crippen LogP contribution in [-0.2, 0) is 0 Å². The molecule has 0 fully saturated rings. The Balaban J connectivity index is 2.73. The zero-order valence-corrected chi connectivity index (χ0v) is 10.3.